The Hall–Kier alpha value is -1.35. The van der Waals surface area contributed by atoms with Gasteiger partial charge in [-0.2, -0.15) is 0 Å². The highest BCUT2D eigenvalue weighted by Gasteiger charge is 2.07. The lowest BCUT2D eigenvalue weighted by molar-refractivity contribution is 0.838. The minimum absolute atomic E-state index is 0.205. The van der Waals surface area contributed by atoms with Gasteiger partial charge in [-0.3, -0.25) is 4.98 Å². The first-order chi connectivity index (χ1) is 8.16. The van der Waals surface area contributed by atoms with Crippen LogP contribution in [0.25, 0.3) is 0 Å². The van der Waals surface area contributed by atoms with E-state index in [1.54, 1.807) is 0 Å². The number of aromatic nitrogens is 1. The topological polar surface area (TPSA) is 24.9 Å². The molecule has 1 N–H and O–H groups in total. The fraction of sp³-hybridized carbons (Fsp3) is 0.214. The average molecular weight is 291 g/mol. The van der Waals surface area contributed by atoms with Gasteiger partial charge in [-0.05, 0) is 49.7 Å². The number of hydrogen-bond donors (Lipinski definition) is 1. The summed E-state index contributed by atoms with van der Waals surface area (Å²) < 4.78 is 1.10. The Morgan fingerprint density at radius 3 is 2.71 bits per heavy atom. The monoisotopic (exact) mass is 290 g/mol. The van der Waals surface area contributed by atoms with Crippen LogP contribution in [-0.2, 0) is 0 Å². The van der Waals surface area contributed by atoms with Gasteiger partial charge in [0.05, 0.1) is 11.7 Å². The lowest BCUT2D eigenvalue weighted by atomic mass is 10.1. The molecule has 2 aromatic rings. The van der Waals surface area contributed by atoms with Crippen molar-refractivity contribution in [2.45, 2.75) is 19.9 Å². The Morgan fingerprint density at radius 2 is 2.06 bits per heavy atom. The van der Waals surface area contributed by atoms with E-state index in [1.165, 1.54) is 5.56 Å². The third-order valence-electron chi connectivity index (χ3n) is 2.69. The van der Waals surface area contributed by atoms with Gasteiger partial charge in [-0.1, -0.05) is 22.0 Å². The smallest absolute Gasteiger partial charge is 0.0657 e. The molecule has 1 unspecified atom stereocenters. The van der Waals surface area contributed by atoms with Crippen molar-refractivity contribution in [1.29, 1.82) is 0 Å². The number of benzene rings is 1. The van der Waals surface area contributed by atoms with Crippen molar-refractivity contribution in [3.8, 4) is 0 Å². The zero-order valence-corrected chi connectivity index (χ0v) is 11.5. The molecule has 1 atom stereocenters. The molecular formula is C14H15BrN2. The summed E-state index contributed by atoms with van der Waals surface area (Å²) in [6.07, 6.45) is 1.82. The van der Waals surface area contributed by atoms with Crippen LogP contribution in [0.5, 0.6) is 0 Å². The van der Waals surface area contributed by atoms with E-state index in [0.29, 0.717) is 0 Å². The maximum absolute atomic E-state index is 4.35. The Bertz CT molecular complexity index is 497. The van der Waals surface area contributed by atoms with Gasteiger partial charge in [0.25, 0.3) is 0 Å². The molecule has 88 valence electrons. The van der Waals surface area contributed by atoms with E-state index >= 15 is 0 Å². The van der Waals surface area contributed by atoms with Gasteiger partial charge in [0.1, 0.15) is 0 Å². The van der Waals surface area contributed by atoms with E-state index in [4.69, 9.17) is 0 Å². The normalized spacial score (nSPS) is 12.2. The number of pyridine rings is 1. The lowest BCUT2D eigenvalue weighted by Crippen LogP contribution is -2.09. The van der Waals surface area contributed by atoms with Crippen molar-refractivity contribution >= 4 is 21.6 Å². The number of nitrogens with one attached hydrogen (secondary N) is 1. The fourth-order valence-electron chi connectivity index (χ4n) is 1.73. The third kappa shape index (κ3) is 3.07. The van der Waals surface area contributed by atoms with Crippen LogP contribution in [-0.4, -0.2) is 4.98 Å². The van der Waals surface area contributed by atoms with E-state index in [0.717, 1.165) is 15.9 Å². The molecule has 0 aliphatic rings. The molecule has 0 saturated carbocycles. The molecule has 17 heavy (non-hydrogen) atoms. The Morgan fingerprint density at radius 1 is 1.24 bits per heavy atom. The molecule has 0 radical (unpaired) electrons. The summed E-state index contributed by atoms with van der Waals surface area (Å²) in [4.78, 5) is 4.35. The summed E-state index contributed by atoms with van der Waals surface area (Å²) in [5, 5.41) is 3.47. The first-order valence-corrected chi connectivity index (χ1v) is 6.40. The lowest BCUT2D eigenvalue weighted by Gasteiger charge is -2.16. The van der Waals surface area contributed by atoms with Gasteiger partial charge < -0.3 is 5.32 Å². The number of rotatable bonds is 3. The molecule has 0 aliphatic carbocycles. The van der Waals surface area contributed by atoms with Gasteiger partial charge in [-0.25, -0.2) is 0 Å². The molecule has 0 bridgehead atoms. The van der Waals surface area contributed by atoms with Gasteiger partial charge in [0, 0.05) is 16.4 Å². The zero-order valence-electron chi connectivity index (χ0n) is 9.94. The molecule has 0 aliphatic heterocycles. The summed E-state index contributed by atoms with van der Waals surface area (Å²) in [5.74, 6) is 0. The Balaban J connectivity index is 2.16. The molecule has 2 nitrogen and oxygen atoms in total. The highest BCUT2D eigenvalue weighted by Crippen LogP contribution is 2.23. The second-order valence-corrected chi connectivity index (χ2v) is 5.00. The standard InChI is InChI=1S/C14H15BrN2/c1-10-9-12(15)6-7-13(10)17-11(2)14-5-3-4-8-16-14/h3-9,11,17H,1-2H3. The summed E-state index contributed by atoms with van der Waals surface area (Å²) in [7, 11) is 0. The maximum Gasteiger partial charge on any atom is 0.0657 e. The summed E-state index contributed by atoms with van der Waals surface area (Å²) >= 11 is 3.47. The van der Waals surface area contributed by atoms with Crippen molar-refractivity contribution in [3.05, 3.63) is 58.3 Å². The number of anilines is 1. The molecule has 1 heterocycles. The van der Waals surface area contributed by atoms with Crippen LogP contribution < -0.4 is 5.32 Å². The summed E-state index contributed by atoms with van der Waals surface area (Å²) in [6, 6.07) is 12.4. The van der Waals surface area contributed by atoms with Gasteiger partial charge in [0.2, 0.25) is 0 Å². The largest absolute Gasteiger partial charge is 0.377 e. The second-order valence-electron chi connectivity index (χ2n) is 4.08. The maximum atomic E-state index is 4.35. The van der Waals surface area contributed by atoms with Crippen LogP contribution in [0.1, 0.15) is 24.2 Å². The van der Waals surface area contributed by atoms with Crippen LogP contribution in [0.15, 0.2) is 47.1 Å². The SMILES string of the molecule is Cc1cc(Br)ccc1NC(C)c1ccccn1. The van der Waals surface area contributed by atoms with Crippen LogP contribution in [0, 0.1) is 6.92 Å². The van der Waals surface area contributed by atoms with Crippen molar-refractivity contribution < 1.29 is 0 Å². The van der Waals surface area contributed by atoms with E-state index < -0.39 is 0 Å². The predicted molar refractivity (Wildman–Crippen MR) is 75.2 cm³/mol. The van der Waals surface area contributed by atoms with Crippen LogP contribution in [0.4, 0.5) is 5.69 Å². The molecule has 0 amide bonds. The molecule has 0 fully saturated rings. The first kappa shape index (κ1) is 12.1. The highest BCUT2D eigenvalue weighted by atomic mass is 79.9. The molecule has 0 saturated heterocycles. The van der Waals surface area contributed by atoms with Crippen molar-refractivity contribution in [2.24, 2.45) is 0 Å². The zero-order chi connectivity index (χ0) is 12.3. The van der Waals surface area contributed by atoms with Gasteiger partial charge in [0.15, 0.2) is 0 Å². The van der Waals surface area contributed by atoms with Crippen LogP contribution >= 0.6 is 15.9 Å². The number of nitrogens with zero attached hydrogens (tertiary/aromatic N) is 1. The quantitative estimate of drug-likeness (QED) is 0.910. The average Bonchev–Trinajstić information content (AvgIpc) is 2.34. The molecule has 3 heteroatoms. The van der Waals surface area contributed by atoms with Crippen molar-refractivity contribution in [2.75, 3.05) is 5.32 Å². The highest BCUT2D eigenvalue weighted by molar-refractivity contribution is 9.10. The van der Waals surface area contributed by atoms with E-state index in [1.807, 2.05) is 30.5 Å². The minimum atomic E-state index is 0.205. The number of hydrogen-bond acceptors (Lipinski definition) is 2. The van der Waals surface area contributed by atoms with Crippen LogP contribution in [0.2, 0.25) is 0 Å². The minimum Gasteiger partial charge on any atom is -0.377 e. The molecule has 2 rings (SSSR count). The van der Waals surface area contributed by atoms with Gasteiger partial charge >= 0.3 is 0 Å². The third-order valence-corrected chi connectivity index (χ3v) is 3.19. The predicted octanol–water partition coefficient (Wildman–Crippen LogP) is 4.33. The Kier molecular flexibility index (Phi) is 3.79. The first-order valence-electron chi connectivity index (χ1n) is 5.60. The molecular weight excluding hydrogens is 276 g/mol. The van der Waals surface area contributed by atoms with E-state index in [-0.39, 0.29) is 6.04 Å². The molecule has 1 aromatic carbocycles. The number of aryl methyl sites for hydroxylation is 1. The van der Waals surface area contributed by atoms with Crippen LogP contribution in [0.3, 0.4) is 0 Å². The second kappa shape index (κ2) is 5.32. The van der Waals surface area contributed by atoms with Crippen molar-refractivity contribution in [3.63, 3.8) is 0 Å². The summed E-state index contributed by atoms with van der Waals surface area (Å²) in [5.41, 5.74) is 3.42. The number of halogens is 1. The Labute approximate surface area is 110 Å². The van der Waals surface area contributed by atoms with E-state index in [2.05, 4.69) is 52.2 Å². The van der Waals surface area contributed by atoms with Crippen molar-refractivity contribution in [1.82, 2.24) is 4.98 Å². The molecule has 0 spiro atoms. The fourth-order valence-corrected chi connectivity index (χ4v) is 2.20. The molecule has 1 aromatic heterocycles. The summed E-state index contributed by atoms with van der Waals surface area (Å²) in [6.45, 7) is 4.21. The van der Waals surface area contributed by atoms with Gasteiger partial charge in [-0.15, -0.1) is 0 Å². The van der Waals surface area contributed by atoms with E-state index in [9.17, 15) is 0 Å².